The van der Waals surface area contributed by atoms with Crippen molar-refractivity contribution in [3.05, 3.63) is 120 Å². The quantitative estimate of drug-likeness (QED) is 0.197. The molecule has 5 aliphatic carbocycles. The first-order valence-electron chi connectivity index (χ1n) is 17.3. The van der Waals surface area contributed by atoms with Crippen LogP contribution >= 0.6 is 0 Å². The van der Waals surface area contributed by atoms with Crippen LogP contribution in [-0.2, 0) is 28.7 Å². The van der Waals surface area contributed by atoms with Crippen molar-refractivity contribution in [2.24, 2.45) is 27.6 Å². The van der Waals surface area contributed by atoms with Gasteiger partial charge in [0.25, 0.3) is 0 Å². The fraction of sp³-hybridized carbons (Fsp3) is 0.429. The number of aliphatic hydroxyl groups is 1. The molecule has 2 aromatic rings. The summed E-state index contributed by atoms with van der Waals surface area (Å²) in [6.07, 6.45) is 14.0. The van der Waals surface area contributed by atoms with Gasteiger partial charge in [-0.25, -0.2) is 0 Å². The Balaban J connectivity index is 0.000000178. The maximum atomic E-state index is 14.0. The topological polar surface area (TPSA) is 123 Å². The van der Waals surface area contributed by atoms with Crippen LogP contribution in [0.15, 0.2) is 113 Å². The standard InChI is InChI=1S/C26H30O5.C16H14O3/c1-22(2)17(27)7-9-23(3)16-6-10-24(4)15(14-8-11-30-13-14)12-18-26(24,31-18)25(16,5)21(29)19(28)20(22)23;1-3-12(11-7-5-4-6-8-11)13-9-15(18)16(19-2)10-14(13)17/h7-9,11,13,15-16,18,28H,6,10,12H2,1-5H3;3-10,12H,1H2,2H3. The zero-order valence-corrected chi connectivity index (χ0v) is 29.4. The first kappa shape index (κ1) is 33.9. The molecule has 1 aliphatic heterocycles. The van der Waals surface area contributed by atoms with Crippen molar-refractivity contribution in [3.63, 3.8) is 0 Å². The number of allylic oxidation sites excluding steroid dienone is 8. The number of ketones is 4. The largest absolute Gasteiger partial charge is 0.504 e. The number of Topliss-reactive ketones (excluding diaryl/α,β-unsaturated/α-hetero) is 1. The Labute approximate surface area is 292 Å². The number of fused-ring (bicyclic) bond motifs is 3. The Hall–Kier alpha value is -4.56. The average molecular weight is 677 g/mol. The van der Waals surface area contributed by atoms with Crippen LogP contribution in [0.2, 0.25) is 0 Å². The van der Waals surface area contributed by atoms with E-state index in [1.165, 1.54) is 24.8 Å². The molecule has 3 fully saturated rings. The van der Waals surface area contributed by atoms with Gasteiger partial charge in [-0.15, -0.1) is 6.58 Å². The average Bonchev–Trinajstić information content (AvgIpc) is 3.44. The van der Waals surface area contributed by atoms with Crippen LogP contribution in [-0.4, -0.2) is 47.1 Å². The summed E-state index contributed by atoms with van der Waals surface area (Å²) in [6.45, 7) is 13.8. The number of hydrogen-bond acceptors (Lipinski definition) is 8. The predicted octanol–water partition coefficient (Wildman–Crippen LogP) is 7.46. The Kier molecular flexibility index (Phi) is 7.61. The zero-order chi connectivity index (χ0) is 36.0. The van der Waals surface area contributed by atoms with Crippen LogP contribution in [0.4, 0.5) is 0 Å². The molecule has 1 N–H and O–H groups in total. The van der Waals surface area contributed by atoms with Crippen LogP contribution < -0.4 is 0 Å². The van der Waals surface area contributed by atoms with Gasteiger partial charge in [0, 0.05) is 28.4 Å². The van der Waals surface area contributed by atoms with E-state index in [9.17, 15) is 24.3 Å². The van der Waals surface area contributed by atoms with Gasteiger partial charge in [-0.05, 0) is 86.8 Å². The van der Waals surface area contributed by atoms with Gasteiger partial charge in [-0.1, -0.05) is 56.3 Å². The predicted molar refractivity (Wildman–Crippen MR) is 186 cm³/mol. The summed E-state index contributed by atoms with van der Waals surface area (Å²) >= 11 is 0. The minimum absolute atomic E-state index is 0.00527. The number of ether oxygens (including phenoxy) is 2. The fourth-order valence-electron chi connectivity index (χ4n) is 10.8. The second-order valence-electron chi connectivity index (χ2n) is 15.7. The van der Waals surface area contributed by atoms with E-state index in [0.717, 1.165) is 24.8 Å². The lowest BCUT2D eigenvalue weighted by Gasteiger charge is -2.62. The van der Waals surface area contributed by atoms with Crippen molar-refractivity contribution < 1.29 is 38.2 Å². The fourth-order valence-corrected chi connectivity index (χ4v) is 10.8. The van der Waals surface area contributed by atoms with Crippen molar-refractivity contribution in [1.82, 2.24) is 0 Å². The number of methoxy groups -OCH3 is 1. The lowest BCUT2D eigenvalue weighted by molar-refractivity contribution is -0.162. The monoisotopic (exact) mass is 676 g/mol. The Morgan fingerprint density at radius 2 is 1.72 bits per heavy atom. The van der Waals surface area contributed by atoms with Gasteiger partial charge in [0.05, 0.1) is 36.6 Å². The normalized spacial score (nSPS) is 36.9. The molecule has 2 saturated carbocycles. The van der Waals surface area contributed by atoms with Gasteiger partial charge in [0.2, 0.25) is 11.6 Å². The van der Waals surface area contributed by atoms with Gasteiger partial charge in [0.1, 0.15) is 5.60 Å². The number of epoxide rings is 1. The molecule has 8 atom stereocenters. The van der Waals surface area contributed by atoms with E-state index in [1.54, 1.807) is 18.4 Å². The maximum absolute atomic E-state index is 14.0. The van der Waals surface area contributed by atoms with Crippen LogP contribution in [0.5, 0.6) is 0 Å². The second-order valence-corrected chi connectivity index (χ2v) is 15.7. The number of carbonyl (C=O) groups excluding carboxylic acids is 4. The summed E-state index contributed by atoms with van der Waals surface area (Å²) in [5, 5.41) is 11.4. The number of aliphatic hydroxyl groups excluding tert-OH is 1. The SMILES string of the molecule is C=CC(C1=CC(=O)C(OC)=CC1=O)c1ccccc1.CC1(C)C(=O)C=CC2(C)C1=C(O)C(=O)C1(C)C2CCC2(C)C(c3ccoc3)CC3OC321. The van der Waals surface area contributed by atoms with E-state index in [-0.39, 0.29) is 63.9 Å². The third-order valence-electron chi connectivity index (χ3n) is 13.2. The molecule has 1 aromatic heterocycles. The molecular weight excluding hydrogens is 632 g/mol. The van der Waals surface area contributed by atoms with Crippen molar-refractivity contribution in [2.75, 3.05) is 7.11 Å². The van der Waals surface area contributed by atoms with Crippen LogP contribution in [0.3, 0.4) is 0 Å². The van der Waals surface area contributed by atoms with Gasteiger partial charge in [-0.2, -0.15) is 0 Å². The second kappa shape index (κ2) is 11.2. The summed E-state index contributed by atoms with van der Waals surface area (Å²) in [7, 11) is 1.37. The number of furan rings is 1. The van der Waals surface area contributed by atoms with Crippen molar-refractivity contribution in [2.45, 2.75) is 77.4 Å². The van der Waals surface area contributed by atoms with E-state index in [4.69, 9.17) is 13.9 Å². The molecular formula is C42H44O8. The molecule has 8 heteroatoms. The van der Waals surface area contributed by atoms with Gasteiger partial charge >= 0.3 is 0 Å². The molecule has 0 amide bonds. The zero-order valence-electron chi connectivity index (χ0n) is 29.4. The highest BCUT2D eigenvalue weighted by Gasteiger charge is 2.87. The lowest BCUT2D eigenvalue weighted by Crippen LogP contribution is -2.66. The lowest BCUT2D eigenvalue weighted by atomic mass is 9.39. The molecule has 6 aliphatic rings. The van der Waals surface area contributed by atoms with E-state index in [1.807, 2.05) is 69.5 Å². The number of rotatable bonds is 5. The van der Waals surface area contributed by atoms with Gasteiger partial charge < -0.3 is 19.0 Å². The molecule has 8 nitrogen and oxygen atoms in total. The minimum atomic E-state index is -0.901. The summed E-state index contributed by atoms with van der Waals surface area (Å²) < 4.78 is 16.7. The molecule has 1 aromatic carbocycles. The highest BCUT2D eigenvalue weighted by Crippen LogP contribution is 2.81. The molecule has 8 rings (SSSR count). The van der Waals surface area contributed by atoms with E-state index in [0.29, 0.717) is 11.1 Å². The number of benzene rings is 1. The molecule has 260 valence electrons. The van der Waals surface area contributed by atoms with Crippen LogP contribution in [0, 0.1) is 27.6 Å². The van der Waals surface area contributed by atoms with E-state index in [2.05, 4.69) is 20.4 Å². The van der Waals surface area contributed by atoms with Gasteiger partial charge in [-0.3, -0.25) is 19.2 Å². The Morgan fingerprint density at radius 1 is 1.00 bits per heavy atom. The molecule has 50 heavy (non-hydrogen) atoms. The Morgan fingerprint density at radius 3 is 2.36 bits per heavy atom. The molecule has 0 bridgehead atoms. The van der Waals surface area contributed by atoms with Crippen LogP contribution in [0.1, 0.15) is 76.8 Å². The van der Waals surface area contributed by atoms with Crippen molar-refractivity contribution >= 4 is 23.1 Å². The van der Waals surface area contributed by atoms with Gasteiger partial charge in [0.15, 0.2) is 23.1 Å². The number of carbonyl (C=O) groups is 4. The number of hydrogen-bond donors (Lipinski definition) is 1. The first-order valence-corrected chi connectivity index (χ1v) is 17.3. The third-order valence-corrected chi connectivity index (χ3v) is 13.2. The Bertz CT molecular complexity index is 1940. The molecule has 1 spiro atoms. The molecule has 2 heterocycles. The van der Waals surface area contributed by atoms with Crippen LogP contribution in [0.25, 0.3) is 0 Å². The van der Waals surface area contributed by atoms with E-state index < -0.39 is 21.8 Å². The summed E-state index contributed by atoms with van der Waals surface area (Å²) in [5.41, 5.74) is -0.0466. The smallest absolute Gasteiger partial charge is 0.220 e. The molecule has 1 saturated heterocycles. The molecule has 8 unspecified atom stereocenters. The minimum Gasteiger partial charge on any atom is -0.504 e. The van der Waals surface area contributed by atoms with Crippen molar-refractivity contribution in [3.8, 4) is 0 Å². The molecule has 0 radical (unpaired) electrons. The highest BCUT2D eigenvalue weighted by atomic mass is 16.6. The summed E-state index contributed by atoms with van der Waals surface area (Å²) in [4.78, 5) is 50.6. The highest BCUT2D eigenvalue weighted by molar-refractivity contribution is 6.19. The van der Waals surface area contributed by atoms with E-state index >= 15 is 0 Å². The van der Waals surface area contributed by atoms with Crippen molar-refractivity contribution in [1.29, 1.82) is 0 Å². The first-order chi connectivity index (χ1) is 23.6. The third kappa shape index (κ3) is 4.27. The summed E-state index contributed by atoms with van der Waals surface area (Å²) in [6, 6.07) is 11.5. The maximum Gasteiger partial charge on any atom is 0.220 e. The summed E-state index contributed by atoms with van der Waals surface area (Å²) in [5.74, 6) is -1.03.